The third kappa shape index (κ3) is 66.2. The Morgan fingerprint density at radius 1 is 0.250 bits per heavy atom. The van der Waals surface area contributed by atoms with Crippen LogP contribution in [0.1, 0.15) is 387 Å². The SMILES string of the molecule is CCCCC/C=C\C/C=C\CCCCCCCC(=O)OCC(COC(=O)CCCCCCCCCCCCCCCCC/C=C\C/C=C\CCCCCCC)OC(=O)CCCCCCCCCCCCCCCCCCCCCC. The number of rotatable bonds is 66. The molecule has 6 heteroatoms. The third-order valence-corrected chi connectivity index (χ3v) is 16.1. The molecule has 0 rings (SSSR count). The van der Waals surface area contributed by atoms with E-state index in [1.165, 1.54) is 263 Å². The lowest BCUT2D eigenvalue weighted by molar-refractivity contribution is -0.167. The van der Waals surface area contributed by atoms with Crippen LogP contribution in [0, 0.1) is 0 Å². The first-order chi connectivity index (χ1) is 39.5. The van der Waals surface area contributed by atoms with Crippen LogP contribution in [0.4, 0.5) is 0 Å². The largest absolute Gasteiger partial charge is 0.462 e. The molecule has 0 saturated carbocycles. The van der Waals surface area contributed by atoms with E-state index in [-0.39, 0.29) is 31.1 Å². The molecule has 0 aromatic heterocycles. The minimum absolute atomic E-state index is 0.0730. The Bertz CT molecular complexity index is 1380. The number of ether oxygens (including phenoxy) is 3. The molecule has 0 aliphatic carbocycles. The van der Waals surface area contributed by atoms with Crippen LogP contribution in [0.15, 0.2) is 48.6 Å². The van der Waals surface area contributed by atoms with Gasteiger partial charge in [0, 0.05) is 19.3 Å². The van der Waals surface area contributed by atoms with E-state index >= 15 is 0 Å². The molecule has 0 heterocycles. The molecule has 0 spiro atoms. The Kier molecular flexibility index (Phi) is 66.6. The minimum Gasteiger partial charge on any atom is -0.462 e. The molecule has 0 fully saturated rings. The summed E-state index contributed by atoms with van der Waals surface area (Å²) in [5.74, 6) is -0.860. The quantitative estimate of drug-likeness (QED) is 0.0261. The summed E-state index contributed by atoms with van der Waals surface area (Å²) in [5.41, 5.74) is 0. The van der Waals surface area contributed by atoms with E-state index in [4.69, 9.17) is 14.2 Å². The lowest BCUT2D eigenvalue weighted by Gasteiger charge is -2.18. The zero-order valence-electron chi connectivity index (χ0n) is 53.9. The van der Waals surface area contributed by atoms with Crippen molar-refractivity contribution in [2.75, 3.05) is 13.2 Å². The Morgan fingerprint density at radius 3 is 0.713 bits per heavy atom. The second-order valence-corrected chi connectivity index (χ2v) is 24.1. The molecule has 80 heavy (non-hydrogen) atoms. The highest BCUT2D eigenvalue weighted by Crippen LogP contribution is 2.18. The van der Waals surface area contributed by atoms with Gasteiger partial charge in [0.15, 0.2) is 6.10 Å². The van der Waals surface area contributed by atoms with Crippen LogP contribution in [0.5, 0.6) is 0 Å². The first-order valence-corrected chi connectivity index (χ1v) is 35.6. The Morgan fingerprint density at radius 2 is 0.450 bits per heavy atom. The summed E-state index contributed by atoms with van der Waals surface area (Å²) >= 11 is 0. The number of unbranched alkanes of at least 4 members (excludes halogenated alkanes) is 47. The topological polar surface area (TPSA) is 78.9 Å². The van der Waals surface area contributed by atoms with Crippen molar-refractivity contribution in [1.82, 2.24) is 0 Å². The van der Waals surface area contributed by atoms with E-state index in [1.54, 1.807) is 0 Å². The first-order valence-electron chi connectivity index (χ1n) is 35.6. The average molecular weight is 1120 g/mol. The van der Waals surface area contributed by atoms with E-state index in [0.29, 0.717) is 19.3 Å². The maximum atomic E-state index is 13.0. The number of carbonyl (C=O) groups is 3. The summed E-state index contributed by atoms with van der Waals surface area (Å²) in [4.78, 5) is 38.4. The average Bonchev–Trinajstić information content (AvgIpc) is 3.46. The third-order valence-electron chi connectivity index (χ3n) is 16.1. The maximum Gasteiger partial charge on any atom is 0.306 e. The summed E-state index contributed by atoms with van der Waals surface area (Å²) in [5, 5.41) is 0. The van der Waals surface area contributed by atoms with E-state index in [1.807, 2.05) is 0 Å². The molecule has 0 aliphatic rings. The molecular formula is C74H136O6. The normalized spacial score (nSPS) is 12.3. The van der Waals surface area contributed by atoms with E-state index in [2.05, 4.69) is 69.4 Å². The van der Waals surface area contributed by atoms with Crippen LogP contribution in [-0.4, -0.2) is 37.2 Å². The zero-order valence-corrected chi connectivity index (χ0v) is 53.9. The summed E-state index contributed by atoms with van der Waals surface area (Å²) in [6.45, 7) is 6.66. The van der Waals surface area contributed by atoms with Crippen LogP contribution in [0.3, 0.4) is 0 Å². The second kappa shape index (κ2) is 68.9. The highest BCUT2D eigenvalue weighted by atomic mass is 16.6. The van der Waals surface area contributed by atoms with Crippen molar-refractivity contribution in [3.8, 4) is 0 Å². The first kappa shape index (κ1) is 77.4. The summed E-state index contributed by atoms with van der Waals surface area (Å²) < 4.78 is 17.0. The van der Waals surface area contributed by atoms with Crippen LogP contribution in [0.25, 0.3) is 0 Å². The molecule has 0 radical (unpaired) electrons. The van der Waals surface area contributed by atoms with Crippen molar-refractivity contribution in [1.29, 1.82) is 0 Å². The number of hydrogen-bond donors (Lipinski definition) is 0. The fourth-order valence-corrected chi connectivity index (χ4v) is 10.7. The standard InChI is InChI=1S/C74H136O6/c1-4-7-10-13-16-19-22-25-28-30-32-34-35-36-37-38-39-40-42-43-46-49-52-55-58-61-64-67-73(76)79-70-71(69-78-72(75)66-63-60-57-54-51-48-45-27-24-21-18-15-12-9-6-3)80-74(77)68-65-62-59-56-53-50-47-44-41-33-31-29-26-23-20-17-14-11-8-5-2/h18,21-22,25,27,30,32,45,71H,4-17,19-20,23-24,26,28-29,31,33-44,46-70H2,1-3H3/b21-18-,25-22-,32-30-,45-27-. The van der Waals surface area contributed by atoms with E-state index in [0.717, 1.165) is 83.5 Å². The van der Waals surface area contributed by atoms with Crippen LogP contribution in [0.2, 0.25) is 0 Å². The zero-order chi connectivity index (χ0) is 57.8. The molecule has 1 atom stereocenters. The van der Waals surface area contributed by atoms with Gasteiger partial charge in [0.05, 0.1) is 0 Å². The highest BCUT2D eigenvalue weighted by Gasteiger charge is 2.19. The Balaban J connectivity index is 4.26. The van der Waals surface area contributed by atoms with Crippen molar-refractivity contribution in [2.24, 2.45) is 0 Å². The van der Waals surface area contributed by atoms with Crippen molar-refractivity contribution < 1.29 is 28.6 Å². The number of carbonyl (C=O) groups excluding carboxylic acids is 3. The molecule has 0 saturated heterocycles. The van der Waals surface area contributed by atoms with Gasteiger partial charge in [-0.1, -0.05) is 333 Å². The van der Waals surface area contributed by atoms with Crippen molar-refractivity contribution in [3.05, 3.63) is 48.6 Å². The van der Waals surface area contributed by atoms with Gasteiger partial charge in [0.2, 0.25) is 0 Å². The Hall–Kier alpha value is -2.63. The lowest BCUT2D eigenvalue weighted by Crippen LogP contribution is -2.30. The number of hydrogen-bond acceptors (Lipinski definition) is 6. The monoisotopic (exact) mass is 1120 g/mol. The van der Waals surface area contributed by atoms with Crippen LogP contribution < -0.4 is 0 Å². The van der Waals surface area contributed by atoms with Gasteiger partial charge in [-0.3, -0.25) is 14.4 Å². The molecule has 1 unspecified atom stereocenters. The predicted molar refractivity (Wildman–Crippen MR) is 349 cm³/mol. The van der Waals surface area contributed by atoms with Gasteiger partial charge in [0.1, 0.15) is 13.2 Å². The predicted octanol–water partition coefficient (Wildman–Crippen LogP) is 24.5. The smallest absolute Gasteiger partial charge is 0.306 e. The summed E-state index contributed by atoms with van der Waals surface area (Å²) in [6.07, 6.45) is 87.1. The molecule has 0 aromatic rings. The number of allylic oxidation sites excluding steroid dienone is 8. The molecule has 0 amide bonds. The molecule has 6 nitrogen and oxygen atoms in total. The van der Waals surface area contributed by atoms with Gasteiger partial charge in [-0.25, -0.2) is 0 Å². The molecule has 0 aromatic carbocycles. The van der Waals surface area contributed by atoms with E-state index in [9.17, 15) is 14.4 Å². The van der Waals surface area contributed by atoms with Gasteiger partial charge >= 0.3 is 17.9 Å². The van der Waals surface area contributed by atoms with E-state index < -0.39 is 6.10 Å². The van der Waals surface area contributed by atoms with Crippen LogP contribution in [-0.2, 0) is 28.6 Å². The van der Waals surface area contributed by atoms with Gasteiger partial charge in [-0.05, 0) is 83.5 Å². The van der Waals surface area contributed by atoms with Crippen LogP contribution >= 0.6 is 0 Å². The minimum atomic E-state index is -0.778. The molecule has 0 bridgehead atoms. The lowest BCUT2D eigenvalue weighted by atomic mass is 10.0. The molecule has 468 valence electrons. The van der Waals surface area contributed by atoms with Gasteiger partial charge in [-0.2, -0.15) is 0 Å². The summed E-state index contributed by atoms with van der Waals surface area (Å²) in [6, 6.07) is 0. The molecule has 0 N–H and O–H groups in total. The van der Waals surface area contributed by atoms with Crippen molar-refractivity contribution in [2.45, 2.75) is 393 Å². The number of esters is 3. The maximum absolute atomic E-state index is 13.0. The van der Waals surface area contributed by atoms with Gasteiger partial charge < -0.3 is 14.2 Å². The second-order valence-electron chi connectivity index (χ2n) is 24.1. The highest BCUT2D eigenvalue weighted by molar-refractivity contribution is 5.71. The van der Waals surface area contributed by atoms with Crippen molar-refractivity contribution >= 4 is 17.9 Å². The van der Waals surface area contributed by atoms with Crippen molar-refractivity contribution in [3.63, 3.8) is 0 Å². The fraction of sp³-hybridized carbons (Fsp3) is 0.851. The molecular weight excluding hydrogens is 985 g/mol. The Labute approximate surface area is 498 Å². The molecule has 0 aliphatic heterocycles. The fourth-order valence-electron chi connectivity index (χ4n) is 10.7. The van der Waals surface area contributed by atoms with Gasteiger partial charge in [-0.15, -0.1) is 0 Å². The summed E-state index contributed by atoms with van der Waals surface area (Å²) in [7, 11) is 0. The van der Waals surface area contributed by atoms with Gasteiger partial charge in [0.25, 0.3) is 0 Å².